The number of nitrogens with zero attached hydrogens (tertiary/aromatic N) is 1. The Morgan fingerprint density at radius 1 is 1.06 bits per heavy atom. The number of pyridine rings is 1. The largest absolute Gasteiger partial charge is 0.508 e. The first-order valence-corrected chi connectivity index (χ1v) is 5.18. The van der Waals surface area contributed by atoms with Crippen LogP contribution in [0.25, 0.3) is 0 Å². The molecule has 1 aromatic heterocycles. The molecule has 0 aliphatic heterocycles. The SMILES string of the molecule is COc1cccc(Oc2cccc(O)c2C)n1. The molecule has 0 radical (unpaired) electrons. The summed E-state index contributed by atoms with van der Waals surface area (Å²) in [6, 6.07) is 10.4. The lowest BCUT2D eigenvalue weighted by molar-refractivity contribution is 0.382. The van der Waals surface area contributed by atoms with Crippen LogP contribution in [-0.4, -0.2) is 17.2 Å². The fourth-order valence-corrected chi connectivity index (χ4v) is 1.39. The summed E-state index contributed by atoms with van der Waals surface area (Å²) < 4.78 is 10.6. The van der Waals surface area contributed by atoms with E-state index in [-0.39, 0.29) is 5.75 Å². The van der Waals surface area contributed by atoms with Crippen LogP contribution in [0.3, 0.4) is 0 Å². The maximum atomic E-state index is 9.55. The van der Waals surface area contributed by atoms with Crippen LogP contribution in [0, 0.1) is 6.92 Å². The minimum atomic E-state index is 0.199. The molecule has 0 aliphatic rings. The van der Waals surface area contributed by atoms with Crippen molar-refractivity contribution in [2.75, 3.05) is 7.11 Å². The number of aromatic nitrogens is 1. The van der Waals surface area contributed by atoms with E-state index in [9.17, 15) is 5.11 Å². The Hall–Kier alpha value is -2.23. The zero-order valence-electron chi connectivity index (χ0n) is 9.68. The summed E-state index contributed by atoms with van der Waals surface area (Å²) >= 11 is 0. The van der Waals surface area contributed by atoms with Gasteiger partial charge in [-0.3, -0.25) is 0 Å². The van der Waals surface area contributed by atoms with Crippen molar-refractivity contribution in [2.45, 2.75) is 6.92 Å². The van der Waals surface area contributed by atoms with Gasteiger partial charge in [0.15, 0.2) is 0 Å². The number of benzene rings is 1. The van der Waals surface area contributed by atoms with Crippen LogP contribution in [0.15, 0.2) is 36.4 Å². The highest BCUT2D eigenvalue weighted by molar-refractivity contribution is 5.44. The van der Waals surface area contributed by atoms with Gasteiger partial charge in [0.05, 0.1) is 7.11 Å². The lowest BCUT2D eigenvalue weighted by Crippen LogP contribution is -1.92. The summed E-state index contributed by atoms with van der Waals surface area (Å²) in [4.78, 5) is 4.13. The number of phenolic OH excluding ortho intramolecular Hbond substituents is 1. The van der Waals surface area contributed by atoms with Crippen molar-refractivity contribution in [1.29, 1.82) is 0 Å². The number of ether oxygens (including phenoxy) is 2. The third kappa shape index (κ3) is 2.47. The van der Waals surface area contributed by atoms with Crippen molar-refractivity contribution in [1.82, 2.24) is 4.98 Å². The zero-order chi connectivity index (χ0) is 12.3. The Labute approximate surface area is 99.5 Å². The van der Waals surface area contributed by atoms with E-state index in [1.54, 1.807) is 50.4 Å². The molecule has 0 amide bonds. The molecule has 1 aromatic carbocycles. The van der Waals surface area contributed by atoms with Gasteiger partial charge in [0.2, 0.25) is 11.8 Å². The number of hydrogen-bond donors (Lipinski definition) is 1. The van der Waals surface area contributed by atoms with Gasteiger partial charge >= 0.3 is 0 Å². The summed E-state index contributed by atoms with van der Waals surface area (Å²) in [5.41, 5.74) is 0.678. The van der Waals surface area contributed by atoms with Crippen LogP contribution in [0.1, 0.15) is 5.56 Å². The van der Waals surface area contributed by atoms with E-state index in [1.165, 1.54) is 0 Å². The van der Waals surface area contributed by atoms with Gasteiger partial charge < -0.3 is 14.6 Å². The quantitative estimate of drug-likeness (QED) is 0.882. The van der Waals surface area contributed by atoms with Crippen molar-refractivity contribution in [3.05, 3.63) is 42.0 Å². The highest BCUT2D eigenvalue weighted by Gasteiger charge is 2.06. The zero-order valence-corrected chi connectivity index (χ0v) is 9.68. The third-order valence-electron chi connectivity index (χ3n) is 2.38. The molecular formula is C13H13NO3. The predicted molar refractivity (Wildman–Crippen MR) is 63.7 cm³/mol. The third-order valence-corrected chi connectivity index (χ3v) is 2.38. The molecule has 2 rings (SSSR count). The molecule has 0 saturated carbocycles. The van der Waals surface area contributed by atoms with Crippen molar-refractivity contribution < 1.29 is 14.6 Å². The van der Waals surface area contributed by atoms with Crippen LogP contribution < -0.4 is 9.47 Å². The summed E-state index contributed by atoms with van der Waals surface area (Å²) in [7, 11) is 1.55. The molecule has 0 bridgehead atoms. The first-order chi connectivity index (χ1) is 8.20. The molecule has 0 aliphatic carbocycles. The van der Waals surface area contributed by atoms with E-state index in [4.69, 9.17) is 9.47 Å². The summed E-state index contributed by atoms with van der Waals surface area (Å²) in [5, 5.41) is 9.55. The van der Waals surface area contributed by atoms with Crippen LogP contribution in [0.4, 0.5) is 0 Å². The molecule has 0 saturated heterocycles. The number of rotatable bonds is 3. The van der Waals surface area contributed by atoms with Gasteiger partial charge in [0.1, 0.15) is 11.5 Å². The van der Waals surface area contributed by atoms with Crippen LogP contribution in [0.2, 0.25) is 0 Å². The predicted octanol–water partition coefficient (Wildman–Crippen LogP) is 2.90. The minimum Gasteiger partial charge on any atom is -0.508 e. The van der Waals surface area contributed by atoms with Crippen LogP contribution >= 0.6 is 0 Å². The molecule has 4 heteroatoms. The molecular weight excluding hydrogens is 218 g/mol. The molecule has 0 fully saturated rings. The minimum absolute atomic E-state index is 0.199. The van der Waals surface area contributed by atoms with Gasteiger partial charge in [-0.1, -0.05) is 12.1 Å². The molecule has 0 atom stereocenters. The Morgan fingerprint density at radius 3 is 2.53 bits per heavy atom. The van der Waals surface area contributed by atoms with Gasteiger partial charge in [-0.2, -0.15) is 4.98 Å². The van der Waals surface area contributed by atoms with Gasteiger partial charge in [0, 0.05) is 17.7 Å². The molecule has 17 heavy (non-hydrogen) atoms. The smallest absolute Gasteiger partial charge is 0.222 e. The number of aromatic hydroxyl groups is 1. The van der Waals surface area contributed by atoms with Crippen molar-refractivity contribution in [2.24, 2.45) is 0 Å². The molecule has 4 nitrogen and oxygen atoms in total. The fraction of sp³-hybridized carbons (Fsp3) is 0.154. The van der Waals surface area contributed by atoms with Gasteiger partial charge in [-0.15, -0.1) is 0 Å². The average Bonchev–Trinajstić information content (AvgIpc) is 2.35. The second-order valence-electron chi connectivity index (χ2n) is 3.52. The van der Waals surface area contributed by atoms with E-state index in [2.05, 4.69) is 4.98 Å². The monoisotopic (exact) mass is 231 g/mol. The summed E-state index contributed by atoms with van der Waals surface area (Å²) in [5.74, 6) is 1.69. The number of methoxy groups -OCH3 is 1. The topological polar surface area (TPSA) is 51.6 Å². The number of phenols is 1. The Morgan fingerprint density at radius 2 is 1.76 bits per heavy atom. The summed E-state index contributed by atoms with van der Waals surface area (Å²) in [6.45, 7) is 1.78. The lowest BCUT2D eigenvalue weighted by atomic mass is 10.2. The van der Waals surface area contributed by atoms with Gasteiger partial charge in [-0.05, 0) is 19.1 Å². The Kier molecular flexibility index (Phi) is 3.14. The van der Waals surface area contributed by atoms with E-state index >= 15 is 0 Å². The second kappa shape index (κ2) is 4.74. The average molecular weight is 231 g/mol. The Balaban J connectivity index is 2.28. The summed E-state index contributed by atoms with van der Waals surface area (Å²) in [6.07, 6.45) is 0. The first-order valence-electron chi connectivity index (χ1n) is 5.18. The maximum absolute atomic E-state index is 9.55. The molecule has 0 spiro atoms. The van der Waals surface area contributed by atoms with Crippen molar-refractivity contribution in [3.63, 3.8) is 0 Å². The van der Waals surface area contributed by atoms with Crippen molar-refractivity contribution >= 4 is 0 Å². The fourth-order valence-electron chi connectivity index (χ4n) is 1.39. The lowest BCUT2D eigenvalue weighted by Gasteiger charge is -2.09. The molecule has 1 heterocycles. The van der Waals surface area contributed by atoms with E-state index in [0.29, 0.717) is 23.1 Å². The molecule has 0 unspecified atom stereocenters. The van der Waals surface area contributed by atoms with Crippen LogP contribution in [0.5, 0.6) is 23.3 Å². The van der Waals surface area contributed by atoms with Gasteiger partial charge in [0.25, 0.3) is 0 Å². The first kappa shape index (κ1) is 11.3. The van der Waals surface area contributed by atoms with Crippen LogP contribution in [-0.2, 0) is 0 Å². The molecule has 1 N–H and O–H groups in total. The highest BCUT2D eigenvalue weighted by atomic mass is 16.5. The Bertz CT molecular complexity index is 526. The van der Waals surface area contributed by atoms with E-state index in [1.807, 2.05) is 0 Å². The van der Waals surface area contributed by atoms with E-state index < -0.39 is 0 Å². The highest BCUT2D eigenvalue weighted by Crippen LogP contribution is 2.29. The molecule has 2 aromatic rings. The molecule has 88 valence electrons. The van der Waals surface area contributed by atoms with E-state index in [0.717, 1.165) is 0 Å². The van der Waals surface area contributed by atoms with Gasteiger partial charge in [-0.25, -0.2) is 0 Å². The normalized spacial score (nSPS) is 10.0. The number of hydrogen-bond acceptors (Lipinski definition) is 4. The second-order valence-corrected chi connectivity index (χ2v) is 3.52. The van der Waals surface area contributed by atoms with Crippen molar-refractivity contribution in [3.8, 4) is 23.3 Å². The maximum Gasteiger partial charge on any atom is 0.222 e. The standard InChI is InChI=1S/C13H13NO3/c1-9-10(15)5-3-6-11(9)17-13-8-4-7-12(14-13)16-2/h3-8,15H,1-2H3.